The Hall–Kier alpha value is -0.610. The predicted octanol–water partition coefficient (Wildman–Crippen LogP) is -0.136. The first-order valence-electron chi connectivity index (χ1n) is 4.13. The molecule has 0 bridgehead atoms. The normalized spacial score (nSPS) is 9.92. The summed E-state index contributed by atoms with van der Waals surface area (Å²) in [6.45, 7) is 3.43. The van der Waals surface area contributed by atoms with Crippen LogP contribution < -0.4 is 0 Å². The van der Waals surface area contributed by atoms with Crippen molar-refractivity contribution in [1.29, 1.82) is 0 Å². The summed E-state index contributed by atoms with van der Waals surface area (Å²) >= 11 is 0. The van der Waals surface area contributed by atoms with E-state index in [-0.39, 0.29) is 19.1 Å². The van der Waals surface area contributed by atoms with Gasteiger partial charge in [-0.1, -0.05) is 0 Å². The van der Waals surface area contributed by atoms with Crippen LogP contribution >= 0.6 is 0 Å². The van der Waals surface area contributed by atoms with Crippen LogP contribution in [0.3, 0.4) is 0 Å². The van der Waals surface area contributed by atoms with E-state index in [4.69, 9.17) is 9.84 Å². The summed E-state index contributed by atoms with van der Waals surface area (Å²) in [5.74, 6) is -0.0200. The van der Waals surface area contributed by atoms with Crippen LogP contribution in [0, 0.1) is 0 Å². The zero-order valence-electron chi connectivity index (χ0n) is 7.75. The Morgan fingerprint density at radius 3 is 2.67 bits per heavy atom. The van der Waals surface area contributed by atoms with Crippen molar-refractivity contribution in [1.82, 2.24) is 4.90 Å². The molecule has 0 radical (unpaired) electrons. The molecule has 0 spiro atoms. The van der Waals surface area contributed by atoms with Crippen LogP contribution in [0.1, 0.15) is 13.3 Å². The average molecular weight is 175 g/mol. The molecule has 0 aromatic heterocycles. The van der Waals surface area contributed by atoms with Gasteiger partial charge in [0.15, 0.2) is 0 Å². The van der Waals surface area contributed by atoms with Crippen molar-refractivity contribution in [3.8, 4) is 0 Å². The fraction of sp³-hybridized carbons (Fsp3) is 0.875. The summed E-state index contributed by atoms with van der Waals surface area (Å²) in [7, 11) is 1.50. The molecule has 12 heavy (non-hydrogen) atoms. The van der Waals surface area contributed by atoms with E-state index < -0.39 is 0 Å². The maximum absolute atomic E-state index is 11.2. The summed E-state index contributed by atoms with van der Waals surface area (Å²) in [4.78, 5) is 12.9. The lowest BCUT2D eigenvalue weighted by molar-refractivity contribution is -0.135. The molecule has 0 aromatic rings. The molecule has 0 heterocycles. The van der Waals surface area contributed by atoms with Crippen molar-refractivity contribution in [2.24, 2.45) is 0 Å². The number of carbonyl (C=O) groups excluding carboxylic acids is 1. The number of likely N-dealkylation sites (N-methyl/N-ethyl adjacent to an activating group) is 1. The predicted molar refractivity (Wildman–Crippen MR) is 45.8 cm³/mol. The van der Waals surface area contributed by atoms with Gasteiger partial charge in [0.1, 0.15) is 6.61 Å². The molecule has 1 N–H and O–H groups in total. The van der Waals surface area contributed by atoms with Crippen molar-refractivity contribution in [2.75, 3.05) is 33.4 Å². The first-order chi connectivity index (χ1) is 5.76. The molecule has 4 heteroatoms. The van der Waals surface area contributed by atoms with Crippen LogP contribution in [0.2, 0.25) is 0 Å². The highest BCUT2D eigenvalue weighted by atomic mass is 16.5. The minimum absolute atomic E-state index is 0.0200. The number of rotatable bonds is 6. The number of nitrogens with zero attached hydrogens (tertiary/aromatic N) is 1. The van der Waals surface area contributed by atoms with Gasteiger partial charge < -0.3 is 14.7 Å². The van der Waals surface area contributed by atoms with Gasteiger partial charge in [0.2, 0.25) is 5.91 Å². The SMILES string of the molecule is CCN(CCCO)C(=O)COC. The van der Waals surface area contributed by atoms with Gasteiger partial charge >= 0.3 is 0 Å². The largest absolute Gasteiger partial charge is 0.396 e. The maximum Gasteiger partial charge on any atom is 0.248 e. The molecule has 0 saturated heterocycles. The minimum atomic E-state index is -0.0200. The van der Waals surface area contributed by atoms with E-state index in [0.717, 1.165) is 0 Å². The van der Waals surface area contributed by atoms with Crippen LogP contribution in [0.4, 0.5) is 0 Å². The smallest absolute Gasteiger partial charge is 0.248 e. The molecule has 0 unspecified atom stereocenters. The lowest BCUT2D eigenvalue weighted by Gasteiger charge is -2.19. The van der Waals surface area contributed by atoms with Gasteiger partial charge in [0.25, 0.3) is 0 Å². The second kappa shape index (κ2) is 7.06. The number of aliphatic hydroxyl groups is 1. The first kappa shape index (κ1) is 11.4. The molecule has 0 atom stereocenters. The van der Waals surface area contributed by atoms with Crippen molar-refractivity contribution >= 4 is 5.91 Å². The van der Waals surface area contributed by atoms with Crippen molar-refractivity contribution < 1.29 is 14.6 Å². The first-order valence-corrected chi connectivity index (χ1v) is 4.13. The van der Waals surface area contributed by atoms with Gasteiger partial charge in [0, 0.05) is 26.8 Å². The van der Waals surface area contributed by atoms with E-state index in [2.05, 4.69) is 0 Å². The number of methoxy groups -OCH3 is 1. The highest BCUT2D eigenvalue weighted by Crippen LogP contribution is 1.92. The van der Waals surface area contributed by atoms with Crippen LogP contribution in [0.5, 0.6) is 0 Å². The fourth-order valence-corrected chi connectivity index (χ4v) is 0.936. The van der Waals surface area contributed by atoms with Crippen LogP contribution in [-0.2, 0) is 9.53 Å². The molecule has 1 amide bonds. The second-order valence-corrected chi connectivity index (χ2v) is 2.48. The minimum Gasteiger partial charge on any atom is -0.396 e. The lowest BCUT2D eigenvalue weighted by Crippen LogP contribution is -2.34. The molecule has 0 aliphatic rings. The molecule has 0 aliphatic carbocycles. The van der Waals surface area contributed by atoms with Crippen molar-refractivity contribution in [3.63, 3.8) is 0 Å². The Balaban J connectivity index is 3.71. The third-order valence-corrected chi connectivity index (χ3v) is 1.59. The number of amides is 1. The van der Waals surface area contributed by atoms with Gasteiger partial charge in [-0.3, -0.25) is 4.79 Å². The molecule has 0 aliphatic heterocycles. The van der Waals surface area contributed by atoms with Crippen molar-refractivity contribution in [2.45, 2.75) is 13.3 Å². The zero-order valence-corrected chi connectivity index (χ0v) is 7.75. The molecule has 4 nitrogen and oxygen atoms in total. The summed E-state index contributed by atoms with van der Waals surface area (Å²) in [5, 5.41) is 8.55. The Labute approximate surface area is 73.1 Å². The van der Waals surface area contributed by atoms with E-state index in [1.165, 1.54) is 7.11 Å². The van der Waals surface area contributed by atoms with Crippen molar-refractivity contribution in [3.05, 3.63) is 0 Å². The van der Waals surface area contributed by atoms with E-state index >= 15 is 0 Å². The van der Waals surface area contributed by atoms with Gasteiger partial charge in [-0.15, -0.1) is 0 Å². The van der Waals surface area contributed by atoms with E-state index in [0.29, 0.717) is 19.5 Å². The third-order valence-electron chi connectivity index (χ3n) is 1.59. The topological polar surface area (TPSA) is 49.8 Å². The number of ether oxygens (including phenoxy) is 1. The van der Waals surface area contributed by atoms with E-state index in [1.54, 1.807) is 4.90 Å². The highest BCUT2D eigenvalue weighted by molar-refractivity contribution is 5.77. The van der Waals surface area contributed by atoms with Gasteiger partial charge in [-0.05, 0) is 13.3 Å². The Kier molecular flexibility index (Phi) is 6.70. The third kappa shape index (κ3) is 4.31. The zero-order chi connectivity index (χ0) is 9.40. The Bertz CT molecular complexity index is 127. The van der Waals surface area contributed by atoms with Gasteiger partial charge in [-0.25, -0.2) is 0 Å². The molecular weight excluding hydrogens is 158 g/mol. The molecular formula is C8H17NO3. The quantitative estimate of drug-likeness (QED) is 0.611. The highest BCUT2D eigenvalue weighted by Gasteiger charge is 2.09. The standard InChI is InChI=1S/C8H17NO3/c1-3-9(5-4-6-10)8(11)7-12-2/h10H,3-7H2,1-2H3. The number of carbonyl (C=O) groups is 1. The molecule has 0 rings (SSSR count). The lowest BCUT2D eigenvalue weighted by atomic mass is 10.4. The Morgan fingerprint density at radius 1 is 1.58 bits per heavy atom. The van der Waals surface area contributed by atoms with Crippen LogP contribution in [0.15, 0.2) is 0 Å². The summed E-state index contributed by atoms with van der Waals surface area (Å²) in [5.41, 5.74) is 0. The van der Waals surface area contributed by atoms with Gasteiger partial charge in [0.05, 0.1) is 0 Å². The van der Waals surface area contributed by atoms with Crippen LogP contribution in [-0.4, -0.2) is 49.3 Å². The van der Waals surface area contributed by atoms with E-state index in [1.807, 2.05) is 6.92 Å². The van der Waals surface area contributed by atoms with E-state index in [9.17, 15) is 4.79 Å². The molecule has 0 aromatic carbocycles. The monoisotopic (exact) mass is 175 g/mol. The average Bonchev–Trinajstić information content (AvgIpc) is 2.06. The number of hydrogen-bond donors (Lipinski definition) is 1. The molecule has 0 fully saturated rings. The fourth-order valence-electron chi connectivity index (χ4n) is 0.936. The van der Waals surface area contributed by atoms with Gasteiger partial charge in [-0.2, -0.15) is 0 Å². The molecule has 0 saturated carbocycles. The summed E-state index contributed by atoms with van der Waals surface area (Å²) < 4.78 is 4.71. The second-order valence-electron chi connectivity index (χ2n) is 2.48. The summed E-state index contributed by atoms with van der Waals surface area (Å²) in [6, 6.07) is 0. The number of hydrogen-bond acceptors (Lipinski definition) is 3. The Morgan fingerprint density at radius 2 is 2.25 bits per heavy atom. The maximum atomic E-state index is 11.2. The summed E-state index contributed by atoms with van der Waals surface area (Å²) in [6.07, 6.45) is 0.628. The van der Waals surface area contributed by atoms with Crippen LogP contribution in [0.25, 0.3) is 0 Å². The molecule has 72 valence electrons. The number of aliphatic hydroxyl groups excluding tert-OH is 1.